The maximum atomic E-state index is 10.4. The molecule has 0 N–H and O–H groups in total. The molecule has 2 radical (unpaired) electrons. The Kier molecular flexibility index (Phi) is 4.42. The van der Waals surface area contributed by atoms with Crippen LogP contribution in [-0.2, 0) is 9.53 Å². The van der Waals surface area contributed by atoms with Gasteiger partial charge in [0.2, 0.25) is 0 Å². The number of rotatable bonds is 5. The Bertz CT molecular complexity index is 132. The molecule has 0 aliphatic carbocycles. The van der Waals surface area contributed by atoms with Crippen LogP contribution in [0.1, 0.15) is 33.6 Å². The first kappa shape index (κ1) is 10.7. The van der Waals surface area contributed by atoms with Crippen molar-refractivity contribution in [1.82, 2.24) is 0 Å². The largest absolute Gasteiger partial charge is 0.376 e. The molecule has 0 amide bonds. The molecule has 0 bridgehead atoms. The van der Waals surface area contributed by atoms with E-state index in [1.165, 1.54) is 0 Å². The van der Waals surface area contributed by atoms with E-state index in [0.717, 1.165) is 0 Å². The van der Waals surface area contributed by atoms with Gasteiger partial charge in [0.25, 0.3) is 0 Å². The summed E-state index contributed by atoms with van der Waals surface area (Å²) < 4.78 is 5.37. The van der Waals surface area contributed by atoms with E-state index in [2.05, 4.69) is 0 Å². The zero-order chi connectivity index (χ0) is 8.91. The minimum absolute atomic E-state index is 0.218. The molecule has 0 unspecified atom stereocenters. The van der Waals surface area contributed by atoms with Crippen molar-refractivity contribution in [3.05, 3.63) is 0 Å². The van der Waals surface area contributed by atoms with Gasteiger partial charge in [0, 0.05) is 6.61 Å². The van der Waals surface area contributed by atoms with Gasteiger partial charge in [-0.05, 0) is 33.6 Å². The SMILES string of the molecule is [B]C(=O)CCC(C)(C)OCC. The molecular weight excluding hydrogens is 139 g/mol. The smallest absolute Gasteiger partial charge is 0.167 e. The Labute approximate surface area is 69.7 Å². The molecule has 0 saturated carbocycles. The van der Waals surface area contributed by atoms with Crippen molar-refractivity contribution in [1.29, 1.82) is 0 Å². The summed E-state index contributed by atoms with van der Waals surface area (Å²) in [5.41, 5.74) is -0.484. The number of hydrogen-bond donors (Lipinski definition) is 0. The molecule has 0 aromatic rings. The van der Waals surface area contributed by atoms with E-state index in [9.17, 15) is 4.79 Å². The molecule has 0 aliphatic rings. The summed E-state index contributed by atoms with van der Waals surface area (Å²) in [6.45, 7) is 6.52. The van der Waals surface area contributed by atoms with Gasteiger partial charge in [0.15, 0.2) is 7.85 Å². The highest BCUT2D eigenvalue weighted by Crippen LogP contribution is 2.15. The fraction of sp³-hybridized carbons (Fsp3) is 0.875. The standard InChI is InChI=1S/C8H15BO2/c1-4-11-8(2,3)6-5-7(9)10/h4-6H2,1-3H3. The number of carbonyl (C=O) groups is 1. The van der Waals surface area contributed by atoms with E-state index in [-0.39, 0.29) is 11.3 Å². The van der Waals surface area contributed by atoms with Crippen LogP contribution >= 0.6 is 0 Å². The Morgan fingerprint density at radius 1 is 1.55 bits per heavy atom. The molecule has 0 atom stereocenters. The molecule has 11 heavy (non-hydrogen) atoms. The van der Waals surface area contributed by atoms with Gasteiger partial charge in [-0.3, -0.25) is 0 Å². The van der Waals surface area contributed by atoms with Crippen LogP contribution in [0.3, 0.4) is 0 Å². The summed E-state index contributed by atoms with van der Waals surface area (Å²) in [6.07, 6.45) is 1.09. The van der Waals surface area contributed by atoms with E-state index in [1.807, 2.05) is 20.8 Å². The predicted molar refractivity (Wildman–Crippen MR) is 45.7 cm³/mol. The first-order valence-corrected chi connectivity index (χ1v) is 3.90. The van der Waals surface area contributed by atoms with Gasteiger partial charge in [0.05, 0.1) is 11.3 Å². The molecule has 0 aromatic heterocycles. The van der Waals surface area contributed by atoms with Crippen molar-refractivity contribution in [3.8, 4) is 0 Å². The lowest BCUT2D eigenvalue weighted by Crippen LogP contribution is -2.25. The summed E-state index contributed by atoms with van der Waals surface area (Å²) in [6, 6.07) is 0. The lowest BCUT2D eigenvalue weighted by Gasteiger charge is -2.23. The summed E-state index contributed by atoms with van der Waals surface area (Å²) in [4.78, 5) is 10.4. The average Bonchev–Trinajstić information content (AvgIpc) is 1.84. The quantitative estimate of drug-likeness (QED) is 0.557. The molecule has 0 rings (SSSR count). The zero-order valence-electron chi connectivity index (χ0n) is 7.52. The van der Waals surface area contributed by atoms with Gasteiger partial charge in [-0.15, -0.1) is 0 Å². The van der Waals surface area contributed by atoms with Gasteiger partial charge in [-0.1, -0.05) is 0 Å². The highest BCUT2D eigenvalue weighted by Gasteiger charge is 2.17. The lowest BCUT2D eigenvalue weighted by molar-refractivity contribution is -0.113. The van der Waals surface area contributed by atoms with Gasteiger partial charge in [-0.2, -0.15) is 0 Å². The van der Waals surface area contributed by atoms with Crippen LogP contribution in [0.15, 0.2) is 0 Å². The van der Waals surface area contributed by atoms with E-state index in [4.69, 9.17) is 12.6 Å². The molecule has 0 aromatic carbocycles. The van der Waals surface area contributed by atoms with E-state index in [1.54, 1.807) is 0 Å². The first-order chi connectivity index (χ1) is 4.98. The third-order valence-electron chi connectivity index (χ3n) is 1.51. The number of ether oxygens (including phenoxy) is 1. The molecule has 3 heteroatoms. The first-order valence-electron chi connectivity index (χ1n) is 3.90. The maximum Gasteiger partial charge on any atom is 0.167 e. The van der Waals surface area contributed by atoms with Crippen LogP contribution in [0.25, 0.3) is 0 Å². The third-order valence-corrected chi connectivity index (χ3v) is 1.51. The Morgan fingerprint density at radius 3 is 2.45 bits per heavy atom. The van der Waals surface area contributed by atoms with Crippen LogP contribution in [-0.4, -0.2) is 25.7 Å². The fourth-order valence-corrected chi connectivity index (χ4v) is 0.887. The van der Waals surface area contributed by atoms with Crippen molar-refractivity contribution in [2.45, 2.75) is 39.2 Å². The van der Waals surface area contributed by atoms with Gasteiger partial charge in [0.1, 0.15) is 0 Å². The highest BCUT2D eigenvalue weighted by molar-refractivity contribution is 6.57. The molecule has 0 aliphatic heterocycles. The zero-order valence-corrected chi connectivity index (χ0v) is 7.52. The second-order valence-corrected chi connectivity index (χ2v) is 3.16. The van der Waals surface area contributed by atoms with Crippen LogP contribution in [0, 0.1) is 0 Å². The normalized spacial score (nSPS) is 11.5. The fourth-order valence-electron chi connectivity index (χ4n) is 0.887. The summed E-state index contributed by atoms with van der Waals surface area (Å²) in [7, 11) is 5.00. The minimum atomic E-state index is -0.266. The molecular formula is C8H15BO2. The van der Waals surface area contributed by atoms with Gasteiger partial charge in [-0.25, -0.2) is 0 Å². The minimum Gasteiger partial charge on any atom is -0.376 e. The van der Waals surface area contributed by atoms with Crippen molar-refractivity contribution in [2.24, 2.45) is 0 Å². The Hall–Kier alpha value is -0.305. The molecule has 62 valence electrons. The second kappa shape index (κ2) is 4.55. The summed E-state index contributed by atoms with van der Waals surface area (Å²) in [5.74, 6) is 0. The van der Waals surface area contributed by atoms with Crippen LogP contribution in [0.5, 0.6) is 0 Å². The molecule has 2 nitrogen and oxygen atoms in total. The van der Waals surface area contributed by atoms with E-state index in [0.29, 0.717) is 19.4 Å². The predicted octanol–water partition coefficient (Wildman–Crippen LogP) is 1.28. The van der Waals surface area contributed by atoms with Crippen LogP contribution in [0.4, 0.5) is 0 Å². The van der Waals surface area contributed by atoms with E-state index < -0.39 is 0 Å². The van der Waals surface area contributed by atoms with E-state index >= 15 is 0 Å². The van der Waals surface area contributed by atoms with Crippen molar-refractivity contribution < 1.29 is 9.53 Å². The molecule has 0 spiro atoms. The third kappa shape index (κ3) is 6.11. The van der Waals surface area contributed by atoms with Crippen molar-refractivity contribution in [2.75, 3.05) is 6.61 Å². The highest BCUT2D eigenvalue weighted by atomic mass is 16.5. The summed E-state index contributed by atoms with van der Waals surface area (Å²) >= 11 is 0. The van der Waals surface area contributed by atoms with Crippen LogP contribution < -0.4 is 0 Å². The van der Waals surface area contributed by atoms with Crippen molar-refractivity contribution >= 4 is 13.5 Å². The monoisotopic (exact) mass is 154 g/mol. The van der Waals surface area contributed by atoms with Gasteiger partial charge < -0.3 is 9.53 Å². The van der Waals surface area contributed by atoms with Crippen molar-refractivity contribution in [3.63, 3.8) is 0 Å². The Balaban J connectivity index is 3.63. The average molecular weight is 154 g/mol. The molecule has 0 saturated heterocycles. The summed E-state index contributed by atoms with van der Waals surface area (Å²) in [5, 5.41) is 0. The molecule has 0 fully saturated rings. The lowest BCUT2D eigenvalue weighted by atomic mass is 9.92. The number of hydrogen-bond acceptors (Lipinski definition) is 2. The Morgan fingerprint density at radius 2 is 2.09 bits per heavy atom. The molecule has 0 heterocycles. The second-order valence-electron chi connectivity index (χ2n) is 3.16. The van der Waals surface area contributed by atoms with Gasteiger partial charge >= 0.3 is 0 Å². The van der Waals surface area contributed by atoms with Crippen LogP contribution in [0.2, 0.25) is 0 Å². The number of carbonyl (C=O) groups excluding carboxylic acids is 1. The maximum absolute atomic E-state index is 10.4. The topological polar surface area (TPSA) is 26.3 Å².